The Morgan fingerprint density at radius 1 is 1.05 bits per heavy atom. The van der Waals surface area contributed by atoms with Crippen molar-refractivity contribution in [2.45, 2.75) is 37.9 Å². The zero-order chi connectivity index (χ0) is 13.2. The standard InChI is InChI=1S/C13H21N5S/c14-12-16-11(17-13(15)18-12)7-19-4-3-10-6-8-1-2-9(10)5-8/h8-10H,1-7H2,(H4,14,15,16,17,18). The minimum Gasteiger partial charge on any atom is -0.368 e. The first-order chi connectivity index (χ1) is 9.20. The van der Waals surface area contributed by atoms with E-state index in [1.54, 1.807) is 0 Å². The summed E-state index contributed by atoms with van der Waals surface area (Å²) in [5, 5.41) is 0. The summed E-state index contributed by atoms with van der Waals surface area (Å²) in [7, 11) is 0. The fourth-order valence-corrected chi connectivity index (χ4v) is 4.57. The van der Waals surface area contributed by atoms with Crippen LogP contribution in [-0.4, -0.2) is 20.7 Å². The van der Waals surface area contributed by atoms with Crippen LogP contribution in [0.15, 0.2) is 0 Å². The first-order valence-electron chi connectivity index (χ1n) is 7.04. The van der Waals surface area contributed by atoms with Crippen molar-refractivity contribution in [1.29, 1.82) is 0 Å². The zero-order valence-corrected chi connectivity index (χ0v) is 11.9. The molecule has 4 N–H and O–H groups in total. The Balaban J connectivity index is 1.41. The summed E-state index contributed by atoms with van der Waals surface area (Å²) in [5.74, 6) is 6.13. The molecule has 3 atom stereocenters. The van der Waals surface area contributed by atoms with Crippen LogP contribution >= 0.6 is 11.8 Å². The van der Waals surface area contributed by atoms with Crippen molar-refractivity contribution >= 4 is 23.7 Å². The molecule has 1 aromatic heterocycles. The number of nitrogen functional groups attached to an aromatic ring is 2. The predicted molar refractivity (Wildman–Crippen MR) is 78.4 cm³/mol. The molecule has 0 aromatic carbocycles. The van der Waals surface area contributed by atoms with Gasteiger partial charge in [0.2, 0.25) is 11.9 Å². The molecule has 104 valence electrons. The Kier molecular flexibility index (Phi) is 3.77. The third-order valence-electron chi connectivity index (χ3n) is 4.46. The summed E-state index contributed by atoms with van der Waals surface area (Å²) in [4.78, 5) is 12.0. The maximum absolute atomic E-state index is 5.55. The molecule has 0 saturated heterocycles. The van der Waals surface area contributed by atoms with Gasteiger partial charge in [-0.2, -0.15) is 26.7 Å². The SMILES string of the molecule is Nc1nc(N)nc(CSCCC2CC3CCC2C3)n1. The fraction of sp³-hybridized carbons (Fsp3) is 0.769. The molecule has 2 saturated carbocycles. The molecule has 0 radical (unpaired) electrons. The van der Waals surface area contributed by atoms with Crippen LogP contribution in [0.2, 0.25) is 0 Å². The molecule has 0 aliphatic heterocycles. The van der Waals surface area contributed by atoms with Crippen molar-refractivity contribution in [3.8, 4) is 0 Å². The second kappa shape index (κ2) is 5.53. The van der Waals surface area contributed by atoms with Crippen LogP contribution in [0.5, 0.6) is 0 Å². The Hall–Kier alpha value is -1.04. The number of nitrogens with zero attached hydrogens (tertiary/aromatic N) is 3. The maximum atomic E-state index is 5.55. The van der Waals surface area contributed by atoms with Gasteiger partial charge < -0.3 is 11.5 Å². The van der Waals surface area contributed by atoms with Crippen LogP contribution in [0.3, 0.4) is 0 Å². The smallest absolute Gasteiger partial charge is 0.225 e. The highest BCUT2D eigenvalue weighted by Crippen LogP contribution is 2.49. The average Bonchev–Trinajstić information content (AvgIpc) is 2.95. The average molecular weight is 279 g/mol. The van der Waals surface area contributed by atoms with Gasteiger partial charge in [-0.1, -0.05) is 6.42 Å². The van der Waals surface area contributed by atoms with Crippen LogP contribution in [-0.2, 0) is 5.75 Å². The van der Waals surface area contributed by atoms with Gasteiger partial charge in [0.1, 0.15) is 5.82 Å². The van der Waals surface area contributed by atoms with Crippen LogP contribution < -0.4 is 11.5 Å². The third kappa shape index (κ3) is 3.11. The van der Waals surface area contributed by atoms with Gasteiger partial charge in [-0.05, 0) is 49.2 Å². The number of nitrogens with two attached hydrogens (primary N) is 2. The second-order valence-electron chi connectivity index (χ2n) is 5.74. The first kappa shape index (κ1) is 13.0. The van der Waals surface area contributed by atoms with Gasteiger partial charge in [0.25, 0.3) is 0 Å². The summed E-state index contributed by atoms with van der Waals surface area (Å²) in [6.07, 6.45) is 7.26. The monoisotopic (exact) mass is 279 g/mol. The Morgan fingerprint density at radius 3 is 2.47 bits per heavy atom. The number of fused-ring (bicyclic) bond motifs is 2. The minimum atomic E-state index is 0.219. The van der Waals surface area contributed by atoms with Crippen LogP contribution in [0.4, 0.5) is 11.9 Å². The summed E-state index contributed by atoms with van der Waals surface area (Å²) >= 11 is 1.87. The normalized spacial score (nSPS) is 28.9. The molecular formula is C13H21N5S. The third-order valence-corrected chi connectivity index (χ3v) is 5.45. The molecule has 2 bridgehead atoms. The van der Waals surface area contributed by atoms with Gasteiger partial charge in [0, 0.05) is 0 Å². The largest absolute Gasteiger partial charge is 0.368 e. The highest BCUT2D eigenvalue weighted by atomic mass is 32.2. The molecule has 2 aliphatic rings. The van der Waals surface area contributed by atoms with E-state index in [1.807, 2.05) is 11.8 Å². The topological polar surface area (TPSA) is 90.7 Å². The van der Waals surface area contributed by atoms with Gasteiger partial charge in [-0.3, -0.25) is 0 Å². The van der Waals surface area contributed by atoms with Gasteiger partial charge >= 0.3 is 0 Å². The molecule has 0 amide bonds. The van der Waals surface area contributed by atoms with E-state index in [1.165, 1.54) is 37.9 Å². The van der Waals surface area contributed by atoms with Crippen molar-refractivity contribution in [2.24, 2.45) is 17.8 Å². The maximum Gasteiger partial charge on any atom is 0.225 e. The van der Waals surface area contributed by atoms with E-state index in [4.69, 9.17) is 11.5 Å². The molecular weight excluding hydrogens is 258 g/mol. The van der Waals surface area contributed by atoms with Crippen LogP contribution in [0, 0.1) is 17.8 Å². The number of hydrogen-bond acceptors (Lipinski definition) is 6. The lowest BCUT2D eigenvalue weighted by atomic mass is 9.87. The lowest BCUT2D eigenvalue weighted by molar-refractivity contribution is 0.326. The lowest BCUT2D eigenvalue weighted by Crippen LogP contribution is -2.11. The highest BCUT2D eigenvalue weighted by Gasteiger charge is 2.38. The molecule has 3 unspecified atom stereocenters. The first-order valence-corrected chi connectivity index (χ1v) is 8.20. The van der Waals surface area contributed by atoms with Crippen LogP contribution in [0.1, 0.15) is 37.9 Å². The molecule has 1 aromatic rings. The van der Waals surface area contributed by atoms with Gasteiger partial charge in [0.05, 0.1) is 5.75 Å². The van der Waals surface area contributed by atoms with Gasteiger partial charge in [-0.15, -0.1) is 0 Å². The summed E-state index contributed by atoms with van der Waals surface area (Å²) in [6.45, 7) is 0. The van der Waals surface area contributed by atoms with Gasteiger partial charge in [0.15, 0.2) is 0 Å². The Morgan fingerprint density at radius 2 is 1.84 bits per heavy atom. The van der Waals surface area contributed by atoms with E-state index >= 15 is 0 Å². The minimum absolute atomic E-state index is 0.219. The van der Waals surface area contributed by atoms with Gasteiger partial charge in [-0.25, -0.2) is 0 Å². The number of aromatic nitrogens is 3. The molecule has 6 heteroatoms. The van der Waals surface area contributed by atoms with E-state index in [0.717, 1.165) is 23.5 Å². The van der Waals surface area contributed by atoms with Crippen molar-refractivity contribution in [2.75, 3.05) is 17.2 Å². The van der Waals surface area contributed by atoms with E-state index in [2.05, 4.69) is 15.0 Å². The van der Waals surface area contributed by atoms with Crippen LogP contribution in [0.25, 0.3) is 0 Å². The summed E-state index contributed by atoms with van der Waals surface area (Å²) < 4.78 is 0. The number of hydrogen-bond donors (Lipinski definition) is 2. The van der Waals surface area contributed by atoms with E-state index in [9.17, 15) is 0 Å². The molecule has 5 nitrogen and oxygen atoms in total. The molecule has 2 aliphatic carbocycles. The second-order valence-corrected chi connectivity index (χ2v) is 6.85. The Bertz CT molecular complexity index is 432. The quantitative estimate of drug-likeness (QED) is 0.802. The molecule has 0 spiro atoms. The highest BCUT2D eigenvalue weighted by molar-refractivity contribution is 7.98. The number of anilines is 2. The molecule has 1 heterocycles. The van der Waals surface area contributed by atoms with Crippen molar-refractivity contribution in [1.82, 2.24) is 15.0 Å². The van der Waals surface area contributed by atoms with E-state index in [-0.39, 0.29) is 11.9 Å². The van der Waals surface area contributed by atoms with Crippen molar-refractivity contribution in [3.05, 3.63) is 5.82 Å². The predicted octanol–water partition coefficient (Wildman–Crippen LogP) is 2.10. The van der Waals surface area contributed by atoms with E-state index < -0.39 is 0 Å². The summed E-state index contributed by atoms with van der Waals surface area (Å²) in [6, 6.07) is 0. The summed E-state index contributed by atoms with van der Waals surface area (Å²) in [5.41, 5.74) is 11.1. The molecule has 3 rings (SSSR count). The van der Waals surface area contributed by atoms with Crippen molar-refractivity contribution < 1.29 is 0 Å². The Labute approximate surface area is 118 Å². The number of rotatable bonds is 5. The lowest BCUT2D eigenvalue weighted by Gasteiger charge is -2.21. The van der Waals surface area contributed by atoms with Crippen molar-refractivity contribution in [3.63, 3.8) is 0 Å². The fourth-order valence-electron chi connectivity index (χ4n) is 3.65. The van der Waals surface area contributed by atoms with E-state index in [0.29, 0.717) is 5.82 Å². The zero-order valence-electron chi connectivity index (χ0n) is 11.1. The molecule has 19 heavy (non-hydrogen) atoms. The number of thioether (sulfide) groups is 1. The molecule has 2 fully saturated rings.